The number of carbonyl (C=O) groups excluding carboxylic acids is 1. The molecule has 0 unspecified atom stereocenters. The molecule has 5 nitrogen and oxygen atoms in total. The summed E-state index contributed by atoms with van der Waals surface area (Å²) < 4.78 is 17.9. The number of rotatable bonds is 4. The van der Waals surface area contributed by atoms with Gasteiger partial charge >= 0.3 is 11.7 Å². The molecule has 1 aromatic carbocycles. The third-order valence-electron chi connectivity index (χ3n) is 1.97. The van der Waals surface area contributed by atoms with Gasteiger partial charge in [0.2, 0.25) is 5.82 Å². The van der Waals surface area contributed by atoms with E-state index in [1.165, 1.54) is 6.07 Å². The standard InChI is InChI=1S/C10H9BrFNO4/c1-2-17-8(14)5-6-3-4-7(12)10(9(6)11)13(15)16/h3-4H,2,5H2,1H3. The predicted molar refractivity (Wildman–Crippen MR) is 61.1 cm³/mol. The Morgan fingerprint density at radius 2 is 2.24 bits per heavy atom. The number of esters is 1. The van der Waals surface area contributed by atoms with Crippen molar-refractivity contribution in [1.29, 1.82) is 0 Å². The number of halogens is 2. The minimum atomic E-state index is -0.950. The van der Waals surface area contributed by atoms with Crippen LogP contribution < -0.4 is 0 Å². The molecule has 0 spiro atoms. The van der Waals surface area contributed by atoms with E-state index in [1.807, 2.05) is 0 Å². The first kappa shape index (κ1) is 13.6. The van der Waals surface area contributed by atoms with Crippen LogP contribution in [0.2, 0.25) is 0 Å². The zero-order valence-electron chi connectivity index (χ0n) is 8.91. The smallest absolute Gasteiger partial charge is 0.319 e. The van der Waals surface area contributed by atoms with Crippen LogP contribution in [0.1, 0.15) is 12.5 Å². The van der Waals surface area contributed by atoms with E-state index in [2.05, 4.69) is 15.9 Å². The van der Waals surface area contributed by atoms with Gasteiger partial charge in [0.25, 0.3) is 0 Å². The molecule has 0 radical (unpaired) electrons. The Labute approximate surface area is 105 Å². The Morgan fingerprint density at radius 3 is 2.76 bits per heavy atom. The lowest BCUT2D eigenvalue weighted by Gasteiger charge is -2.05. The number of nitrogens with zero attached hydrogens (tertiary/aromatic N) is 1. The number of hydrogen-bond acceptors (Lipinski definition) is 4. The van der Waals surface area contributed by atoms with Gasteiger partial charge in [-0.05, 0) is 34.5 Å². The average molecular weight is 306 g/mol. The minimum Gasteiger partial charge on any atom is -0.466 e. The van der Waals surface area contributed by atoms with Gasteiger partial charge in [-0.3, -0.25) is 14.9 Å². The van der Waals surface area contributed by atoms with Crippen LogP contribution in [0, 0.1) is 15.9 Å². The molecule has 0 N–H and O–H groups in total. The van der Waals surface area contributed by atoms with E-state index < -0.39 is 22.4 Å². The highest BCUT2D eigenvalue weighted by atomic mass is 79.9. The van der Waals surface area contributed by atoms with Crippen LogP contribution >= 0.6 is 15.9 Å². The Hall–Kier alpha value is -1.50. The fourth-order valence-corrected chi connectivity index (χ4v) is 1.86. The molecule has 0 bridgehead atoms. The first-order valence-electron chi connectivity index (χ1n) is 4.74. The Kier molecular flexibility index (Phi) is 4.56. The monoisotopic (exact) mass is 305 g/mol. The van der Waals surface area contributed by atoms with Crippen molar-refractivity contribution in [2.45, 2.75) is 13.3 Å². The van der Waals surface area contributed by atoms with E-state index in [0.717, 1.165) is 6.07 Å². The zero-order chi connectivity index (χ0) is 13.0. The van der Waals surface area contributed by atoms with Crippen molar-refractivity contribution < 1.29 is 18.8 Å². The van der Waals surface area contributed by atoms with Gasteiger partial charge in [0.15, 0.2) is 0 Å². The van der Waals surface area contributed by atoms with Crippen molar-refractivity contribution in [3.05, 3.63) is 38.1 Å². The lowest BCUT2D eigenvalue weighted by atomic mass is 10.1. The molecule has 0 saturated carbocycles. The van der Waals surface area contributed by atoms with E-state index in [4.69, 9.17) is 4.74 Å². The van der Waals surface area contributed by atoms with Crippen LogP contribution in [0.4, 0.5) is 10.1 Å². The van der Waals surface area contributed by atoms with E-state index in [1.54, 1.807) is 6.92 Å². The van der Waals surface area contributed by atoms with E-state index in [0.29, 0.717) is 5.56 Å². The SMILES string of the molecule is CCOC(=O)Cc1ccc(F)c([N+](=O)[O-])c1Br. The molecule has 0 saturated heterocycles. The molecule has 92 valence electrons. The highest BCUT2D eigenvalue weighted by Gasteiger charge is 2.22. The molecule has 0 aliphatic rings. The van der Waals surface area contributed by atoms with Gasteiger partial charge < -0.3 is 4.74 Å². The van der Waals surface area contributed by atoms with E-state index in [9.17, 15) is 19.3 Å². The van der Waals surface area contributed by atoms with Crippen LogP contribution in [0.5, 0.6) is 0 Å². The fraction of sp³-hybridized carbons (Fsp3) is 0.300. The highest BCUT2D eigenvalue weighted by Crippen LogP contribution is 2.31. The quantitative estimate of drug-likeness (QED) is 0.487. The molecule has 1 rings (SSSR count). The third kappa shape index (κ3) is 3.23. The largest absolute Gasteiger partial charge is 0.466 e. The minimum absolute atomic E-state index is 0.0319. The maximum absolute atomic E-state index is 13.2. The summed E-state index contributed by atoms with van der Waals surface area (Å²) in [6, 6.07) is 2.26. The molecule has 0 aliphatic carbocycles. The zero-order valence-corrected chi connectivity index (χ0v) is 10.5. The summed E-state index contributed by atoms with van der Waals surface area (Å²) in [6.45, 7) is 1.87. The molecule has 17 heavy (non-hydrogen) atoms. The predicted octanol–water partition coefficient (Wildman–Crippen LogP) is 2.60. The van der Waals surface area contributed by atoms with Crippen molar-refractivity contribution >= 4 is 27.6 Å². The Morgan fingerprint density at radius 1 is 1.59 bits per heavy atom. The van der Waals surface area contributed by atoms with Gasteiger partial charge in [-0.15, -0.1) is 0 Å². The number of carbonyl (C=O) groups is 1. The summed E-state index contributed by atoms with van der Waals surface area (Å²) in [5, 5.41) is 10.6. The second-order valence-corrected chi connectivity index (χ2v) is 3.90. The van der Waals surface area contributed by atoms with Crippen molar-refractivity contribution in [3.63, 3.8) is 0 Å². The van der Waals surface area contributed by atoms with Gasteiger partial charge in [0, 0.05) is 0 Å². The van der Waals surface area contributed by atoms with Gasteiger partial charge in [0.1, 0.15) is 4.47 Å². The summed E-state index contributed by atoms with van der Waals surface area (Å²) in [6.07, 6.45) is -0.143. The van der Waals surface area contributed by atoms with Gasteiger partial charge in [-0.2, -0.15) is 4.39 Å². The van der Waals surface area contributed by atoms with Gasteiger partial charge in [-0.1, -0.05) is 6.07 Å². The highest BCUT2D eigenvalue weighted by molar-refractivity contribution is 9.10. The van der Waals surface area contributed by atoms with E-state index >= 15 is 0 Å². The molecule has 0 amide bonds. The van der Waals surface area contributed by atoms with Crippen LogP contribution in [0.15, 0.2) is 16.6 Å². The topological polar surface area (TPSA) is 69.4 Å². The summed E-state index contributed by atoms with van der Waals surface area (Å²) in [5.41, 5.74) is -0.358. The molecule has 0 fully saturated rings. The van der Waals surface area contributed by atoms with Crippen LogP contribution in [-0.2, 0) is 16.0 Å². The van der Waals surface area contributed by atoms with Crippen molar-refractivity contribution in [2.24, 2.45) is 0 Å². The van der Waals surface area contributed by atoms with Crippen LogP contribution in [-0.4, -0.2) is 17.5 Å². The summed E-state index contributed by atoms with van der Waals surface area (Å²) in [5.74, 6) is -1.47. The fourth-order valence-electron chi connectivity index (χ4n) is 1.25. The van der Waals surface area contributed by atoms with Crippen molar-refractivity contribution in [2.75, 3.05) is 6.61 Å². The maximum Gasteiger partial charge on any atom is 0.319 e. The molecule has 0 aliphatic heterocycles. The molecular weight excluding hydrogens is 297 g/mol. The van der Waals surface area contributed by atoms with Crippen molar-refractivity contribution in [1.82, 2.24) is 0 Å². The van der Waals surface area contributed by atoms with Gasteiger partial charge in [0.05, 0.1) is 18.0 Å². The number of benzene rings is 1. The lowest BCUT2D eigenvalue weighted by Crippen LogP contribution is -2.09. The molecule has 0 atom stereocenters. The first-order valence-corrected chi connectivity index (χ1v) is 5.53. The molecular formula is C10H9BrFNO4. The Balaban J connectivity index is 3.07. The number of nitro groups is 1. The second kappa shape index (κ2) is 5.72. The number of hydrogen-bond donors (Lipinski definition) is 0. The molecule has 1 aromatic rings. The summed E-state index contributed by atoms with van der Waals surface area (Å²) >= 11 is 2.92. The van der Waals surface area contributed by atoms with Crippen molar-refractivity contribution in [3.8, 4) is 0 Å². The summed E-state index contributed by atoms with van der Waals surface area (Å²) in [7, 11) is 0. The second-order valence-electron chi connectivity index (χ2n) is 3.11. The Bertz CT molecular complexity index is 464. The first-order chi connectivity index (χ1) is 7.97. The van der Waals surface area contributed by atoms with Crippen LogP contribution in [0.25, 0.3) is 0 Å². The van der Waals surface area contributed by atoms with E-state index in [-0.39, 0.29) is 17.5 Å². The van der Waals surface area contributed by atoms with Crippen LogP contribution in [0.3, 0.4) is 0 Å². The number of ether oxygens (including phenoxy) is 1. The summed E-state index contributed by atoms with van der Waals surface area (Å²) in [4.78, 5) is 21.0. The number of nitro benzene ring substituents is 1. The maximum atomic E-state index is 13.2. The lowest BCUT2D eigenvalue weighted by molar-refractivity contribution is -0.388. The molecule has 0 aromatic heterocycles. The molecule has 7 heteroatoms. The normalized spacial score (nSPS) is 10.1. The van der Waals surface area contributed by atoms with Gasteiger partial charge in [-0.25, -0.2) is 0 Å². The third-order valence-corrected chi connectivity index (χ3v) is 2.85. The average Bonchev–Trinajstić information content (AvgIpc) is 2.22. The molecule has 0 heterocycles.